The number of nitrogens with zero attached hydrogens (tertiary/aromatic N) is 2. The molecular weight excluding hydrogens is 288 g/mol. The van der Waals surface area contributed by atoms with Crippen LogP contribution in [0.5, 0.6) is 0 Å². The Bertz CT molecular complexity index is 568. The third-order valence-electron chi connectivity index (χ3n) is 4.20. The van der Waals surface area contributed by atoms with Gasteiger partial charge in [-0.05, 0) is 36.8 Å². The monoisotopic (exact) mass is 306 g/mol. The molecule has 21 heavy (non-hydrogen) atoms. The zero-order valence-corrected chi connectivity index (χ0v) is 12.8. The number of rotatable bonds is 4. The average Bonchev–Trinajstić information content (AvgIpc) is 2.46. The van der Waals surface area contributed by atoms with Gasteiger partial charge < -0.3 is 10.0 Å². The summed E-state index contributed by atoms with van der Waals surface area (Å²) in [5.74, 6) is -0.282. The molecule has 1 aromatic rings. The molecule has 0 aliphatic carbocycles. The van der Waals surface area contributed by atoms with Crippen molar-refractivity contribution in [1.29, 1.82) is 5.26 Å². The third-order valence-corrected chi connectivity index (χ3v) is 4.52. The number of aliphatic carboxylic acids is 1. The van der Waals surface area contributed by atoms with Crippen LogP contribution < -0.4 is 4.90 Å². The molecule has 1 aromatic carbocycles. The highest BCUT2D eigenvalue weighted by Gasteiger charge is 2.27. The summed E-state index contributed by atoms with van der Waals surface area (Å²) in [4.78, 5) is 13.0. The topological polar surface area (TPSA) is 64.3 Å². The van der Waals surface area contributed by atoms with E-state index in [1.165, 1.54) is 0 Å². The van der Waals surface area contributed by atoms with E-state index in [0.29, 0.717) is 16.5 Å². The van der Waals surface area contributed by atoms with Crippen LogP contribution in [-0.2, 0) is 4.79 Å². The number of benzene rings is 1. The number of piperidine rings is 1. The number of hydrogen-bond donors (Lipinski definition) is 1. The van der Waals surface area contributed by atoms with E-state index in [2.05, 4.69) is 11.0 Å². The Labute approximate surface area is 129 Å². The molecule has 0 saturated carbocycles. The van der Waals surface area contributed by atoms with Gasteiger partial charge in [-0.2, -0.15) is 5.26 Å². The summed E-state index contributed by atoms with van der Waals surface area (Å²) in [5.41, 5.74) is 1.36. The standard InChI is InChI=1S/C16H19ClN2O2/c1-11(8-16(20)21)12-4-3-7-19(10-12)15-6-2-5-14(17)13(15)9-18/h2,5-6,11-12H,3-4,7-8,10H2,1H3,(H,20,21). The van der Waals surface area contributed by atoms with E-state index in [4.69, 9.17) is 16.7 Å². The van der Waals surface area contributed by atoms with Crippen LogP contribution in [0.4, 0.5) is 5.69 Å². The SMILES string of the molecule is CC(CC(=O)O)C1CCCN(c2cccc(Cl)c2C#N)C1. The van der Waals surface area contributed by atoms with E-state index in [0.717, 1.165) is 31.6 Å². The highest BCUT2D eigenvalue weighted by atomic mass is 35.5. The van der Waals surface area contributed by atoms with E-state index in [9.17, 15) is 10.1 Å². The lowest BCUT2D eigenvalue weighted by molar-refractivity contribution is -0.138. The first kappa shape index (κ1) is 15.7. The molecule has 112 valence electrons. The first-order valence-electron chi connectivity index (χ1n) is 7.18. The smallest absolute Gasteiger partial charge is 0.303 e. The lowest BCUT2D eigenvalue weighted by Gasteiger charge is -2.37. The molecular formula is C16H19ClN2O2. The lowest BCUT2D eigenvalue weighted by Crippen LogP contribution is -2.38. The molecule has 1 aliphatic heterocycles. The van der Waals surface area contributed by atoms with Gasteiger partial charge in [0.1, 0.15) is 6.07 Å². The molecule has 1 saturated heterocycles. The minimum atomic E-state index is -0.750. The maximum Gasteiger partial charge on any atom is 0.303 e. The number of carboxylic acids is 1. The fourth-order valence-corrected chi connectivity index (χ4v) is 3.23. The number of nitriles is 1. The van der Waals surface area contributed by atoms with Crippen molar-refractivity contribution < 1.29 is 9.90 Å². The van der Waals surface area contributed by atoms with Crippen molar-refractivity contribution in [2.45, 2.75) is 26.2 Å². The minimum Gasteiger partial charge on any atom is -0.481 e. The van der Waals surface area contributed by atoms with Crippen LogP contribution in [0.1, 0.15) is 31.7 Å². The second-order valence-corrected chi connectivity index (χ2v) is 6.08. The van der Waals surface area contributed by atoms with Gasteiger partial charge >= 0.3 is 5.97 Å². The van der Waals surface area contributed by atoms with Crippen molar-refractivity contribution in [2.75, 3.05) is 18.0 Å². The van der Waals surface area contributed by atoms with Gasteiger partial charge in [-0.25, -0.2) is 0 Å². The Balaban J connectivity index is 2.17. The van der Waals surface area contributed by atoms with Crippen LogP contribution in [-0.4, -0.2) is 24.2 Å². The number of halogens is 1. The van der Waals surface area contributed by atoms with Crippen molar-refractivity contribution in [1.82, 2.24) is 0 Å². The Morgan fingerprint density at radius 3 is 3.05 bits per heavy atom. The molecule has 1 fully saturated rings. The van der Waals surface area contributed by atoms with Crippen molar-refractivity contribution in [3.63, 3.8) is 0 Å². The summed E-state index contributed by atoms with van der Waals surface area (Å²) in [6.45, 7) is 3.65. The van der Waals surface area contributed by atoms with Crippen molar-refractivity contribution in [2.24, 2.45) is 11.8 Å². The predicted octanol–water partition coefficient (Wildman–Crippen LogP) is 3.54. The Kier molecular flexibility index (Phi) is 5.08. The summed E-state index contributed by atoms with van der Waals surface area (Å²) < 4.78 is 0. The zero-order chi connectivity index (χ0) is 15.4. The molecule has 2 atom stereocenters. The van der Waals surface area contributed by atoms with Gasteiger partial charge in [-0.3, -0.25) is 4.79 Å². The molecule has 0 spiro atoms. The average molecular weight is 307 g/mol. The van der Waals surface area contributed by atoms with Gasteiger partial charge in [0.2, 0.25) is 0 Å². The van der Waals surface area contributed by atoms with E-state index in [-0.39, 0.29) is 12.3 Å². The molecule has 4 nitrogen and oxygen atoms in total. The molecule has 1 N–H and O–H groups in total. The van der Waals surface area contributed by atoms with Gasteiger partial charge in [-0.15, -0.1) is 0 Å². The van der Waals surface area contributed by atoms with Crippen molar-refractivity contribution >= 4 is 23.3 Å². The van der Waals surface area contributed by atoms with Crippen LogP contribution >= 0.6 is 11.6 Å². The normalized spacial score (nSPS) is 19.9. The summed E-state index contributed by atoms with van der Waals surface area (Å²) in [6.07, 6.45) is 2.23. The van der Waals surface area contributed by atoms with E-state index in [1.54, 1.807) is 6.07 Å². The molecule has 2 rings (SSSR count). The Morgan fingerprint density at radius 1 is 1.62 bits per heavy atom. The first-order valence-corrected chi connectivity index (χ1v) is 7.56. The zero-order valence-electron chi connectivity index (χ0n) is 12.1. The molecule has 2 unspecified atom stereocenters. The van der Waals surface area contributed by atoms with Crippen LogP contribution in [0, 0.1) is 23.2 Å². The fourth-order valence-electron chi connectivity index (χ4n) is 3.02. The van der Waals surface area contributed by atoms with Crippen LogP contribution in [0.15, 0.2) is 18.2 Å². The second-order valence-electron chi connectivity index (χ2n) is 5.67. The first-order chi connectivity index (χ1) is 10.0. The summed E-state index contributed by atoms with van der Waals surface area (Å²) >= 11 is 6.09. The highest BCUT2D eigenvalue weighted by molar-refractivity contribution is 6.32. The molecule has 1 aliphatic rings. The maximum atomic E-state index is 10.9. The third kappa shape index (κ3) is 3.68. The maximum absolute atomic E-state index is 10.9. The van der Waals surface area contributed by atoms with E-state index < -0.39 is 5.97 Å². The van der Waals surface area contributed by atoms with Gasteiger partial charge in [-0.1, -0.05) is 24.6 Å². The van der Waals surface area contributed by atoms with Gasteiger partial charge in [0.25, 0.3) is 0 Å². The van der Waals surface area contributed by atoms with Gasteiger partial charge in [0, 0.05) is 19.5 Å². The summed E-state index contributed by atoms with van der Waals surface area (Å²) in [7, 11) is 0. The molecule has 0 bridgehead atoms. The van der Waals surface area contributed by atoms with Gasteiger partial charge in [0.05, 0.1) is 16.3 Å². The highest BCUT2D eigenvalue weighted by Crippen LogP contribution is 2.33. The quantitative estimate of drug-likeness (QED) is 0.924. The second kappa shape index (κ2) is 6.82. The fraction of sp³-hybridized carbons (Fsp3) is 0.500. The predicted molar refractivity (Wildman–Crippen MR) is 82.5 cm³/mol. The molecule has 0 aromatic heterocycles. The minimum absolute atomic E-state index is 0.134. The Morgan fingerprint density at radius 2 is 2.38 bits per heavy atom. The van der Waals surface area contributed by atoms with E-state index in [1.807, 2.05) is 19.1 Å². The number of hydrogen-bond acceptors (Lipinski definition) is 3. The summed E-state index contributed by atoms with van der Waals surface area (Å²) in [6, 6.07) is 7.65. The van der Waals surface area contributed by atoms with Gasteiger partial charge in [0.15, 0.2) is 0 Å². The number of carbonyl (C=O) groups is 1. The van der Waals surface area contributed by atoms with Crippen molar-refractivity contribution in [3.8, 4) is 6.07 Å². The molecule has 0 amide bonds. The largest absolute Gasteiger partial charge is 0.481 e. The molecule has 0 radical (unpaired) electrons. The van der Waals surface area contributed by atoms with Crippen molar-refractivity contribution in [3.05, 3.63) is 28.8 Å². The lowest BCUT2D eigenvalue weighted by atomic mass is 9.84. The molecule has 5 heteroatoms. The summed E-state index contributed by atoms with van der Waals surface area (Å²) in [5, 5.41) is 18.7. The Hall–Kier alpha value is -1.73. The van der Waals surface area contributed by atoms with Crippen LogP contribution in [0.2, 0.25) is 5.02 Å². The van der Waals surface area contributed by atoms with Crippen LogP contribution in [0.3, 0.4) is 0 Å². The number of anilines is 1. The number of carboxylic acid groups (broad SMARTS) is 1. The van der Waals surface area contributed by atoms with Crippen LogP contribution in [0.25, 0.3) is 0 Å². The van der Waals surface area contributed by atoms with E-state index >= 15 is 0 Å². The molecule has 1 heterocycles.